The van der Waals surface area contributed by atoms with E-state index in [0.717, 1.165) is 54.0 Å². The van der Waals surface area contributed by atoms with Crippen molar-refractivity contribution in [2.45, 2.75) is 88.8 Å². The van der Waals surface area contributed by atoms with Gasteiger partial charge < -0.3 is 15.7 Å². The second kappa shape index (κ2) is 15.9. The van der Waals surface area contributed by atoms with Crippen LogP contribution in [0.3, 0.4) is 0 Å². The third-order valence-electron chi connectivity index (χ3n) is 11.6. The molecule has 0 spiro atoms. The third kappa shape index (κ3) is 8.35. The minimum atomic E-state index is -4.72. The van der Waals surface area contributed by atoms with Gasteiger partial charge in [-0.2, -0.15) is 18.3 Å². The fourth-order valence-electron chi connectivity index (χ4n) is 8.41. The molecule has 61 heavy (non-hydrogen) atoms. The Kier molecular flexibility index (Phi) is 10.7. The van der Waals surface area contributed by atoms with Crippen molar-refractivity contribution in [3.8, 4) is 5.69 Å². The van der Waals surface area contributed by atoms with Crippen LogP contribution >= 0.6 is 0 Å². The van der Waals surface area contributed by atoms with Gasteiger partial charge in [-0.25, -0.2) is 9.67 Å². The molecule has 5 aromatic rings. The Labute approximate surface area is 348 Å². The first kappa shape index (κ1) is 41.3. The summed E-state index contributed by atoms with van der Waals surface area (Å²) in [5.41, 5.74) is 0.936. The molecule has 8 rings (SSSR count). The summed E-state index contributed by atoms with van der Waals surface area (Å²) in [6.07, 6.45) is 0.685. The average Bonchev–Trinajstić information content (AvgIpc) is 3.75. The lowest BCUT2D eigenvalue weighted by Gasteiger charge is -2.35. The Morgan fingerprint density at radius 3 is 2.33 bits per heavy atom. The maximum atomic E-state index is 13.6. The van der Waals surface area contributed by atoms with Gasteiger partial charge in [-0.15, -0.1) is 0 Å². The van der Waals surface area contributed by atoms with Gasteiger partial charge in [0.2, 0.25) is 11.8 Å². The second-order valence-corrected chi connectivity index (χ2v) is 16.4. The topological polar surface area (TPSA) is 179 Å². The average molecular weight is 837 g/mol. The number of amides is 5. The summed E-state index contributed by atoms with van der Waals surface area (Å²) < 4.78 is 41.4. The lowest BCUT2D eigenvalue weighted by atomic mass is 9.89. The number of carbonyl (C=O) groups is 5. The first-order valence-corrected chi connectivity index (χ1v) is 20.0. The zero-order valence-corrected chi connectivity index (χ0v) is 33.5. The van der Waals surface area contributed by atoms with E-state index in [1.807, 2.05) is 24.3 Å². The first-order chi connectivity index (χ1) is 28.9. The minimum absolute atomic E-state index is 0.0549. The SMILES string of the molecule is CN(Cc1ccc(-n2cc3cc(NC(=O)c4cccc(C(F)(F)F)n4)c(C(C)(C)O)cc3n2)cc1)[C@H]1CC[C@H](Nc2cccc3c2C(=O)N(C2CCC(=O)NC2=O)C3=O)CC1. The molecule has 14 nitrogen and oxygen atoms in total. The van der Waals surface area contributed by atoms with Gasteiger partial charge >= 0.3 is 6.18 Å². The Morgan fingerprint density at radius 2 is 1.64 bits per heavy atom. The van der Waals surface area contributed by atoms with Gasteiger partial charge in [-0.3, -0.25) is 39.1 Å². The number of alkyl halides is 3. The molecule has 2 aliphatic heterocycles. The van der Waals surface area contributed by atoms with Gasteiger partial charge in [0.05, 0.1) is 27.9 Å². The molecule has 0 radical (unpaired) electrons. The largest absolute Gasteiger partial charge is 0.433 e. The zero-order valence-electron chi connectivity index (χ0n) is 33.5. The molecule has 2 aromatic heterocycles. The molecule has 1 saturated heterocycles. The van der Waals surface area contributed by atoms with Crippen molar-refractivity contribution >= 4 is 51.8 Å². The van der Waals surface area contributed by atoms with Crippen LogP contribution in [0.5, 0.6) is 0 Å². The van der Waals surface area contributed by atoms with E-state index in [0.29, 0.717) is 34.7 Å². The van der Waals surface area contributed by atoms with E-state index in [9.17, 15) is 42.3 Å². The Hall–Kier alpha value is -6.46. The first-order valence-electron chi connectivity index (χ1n) is 20.0. The number of halogens is 3. The molecule has 2 fully saturated rings. The predicted octanol–water partition coefficient (Wildman–Crippen LogP) is 6.18. The van der Waals surface area contributed by atoms with Crippen LogP contribution in [-0.4, -0.2) is 84.4 Å². The number of nitrogens with one attached hydrogen (secondary N) is 3. The van der Waals surface area contributed by atoms with E-state index in [4.69, 9.17) is 5.10 Å². The molecule has 1 unspecified atom stereocenters. The molecule has 4 heterocycles. The highest BCUT2D eigenvalue weighted by Crippen LogP contribution is 2.36. The number of aromatic nitrogens is 3. The lowest BCUT2D eigenvalue weighted by molar-refractivity contribution is -0.141. The predicted molar refractivity (Wildman–Crippen MR) is 218 cm³/mol. The number of aliphatic hydroxyl groups is 1. The van der Waals surface area contributed by atoms with Crippen LogP contribution < -0.4 is 16.0 Å². The fourth-order valence-corrected chi connectivity index (χ4v) is 8.41. The molecule has 1 aliphatic carbocycles. The Morgan fingerprint density at radius 1 is 0.918 bits per heavy atom. The number of pyridine rings is 1. The molecule has 316 valence electrons. The van der Waals surface area contributed by atoms with E-state index < -0.39 is 58.7 Å². The summed E-state index contributed by atoms with van der Waals surface area (Å²) in [7, 11) is 2.09. The number of carbonyl (C=O) groups excluding carboxylic acids is 5. The van der Waals surface area contributed by atoms with E-state index in [1.165, 1.54) is 19.9 Å². The number of benzene rings is 3. The minimum Gasteiger partial charge on any atom is -0.386 e. The second-order valence-electron chi connectivity index (χ2n) is 16.4. The van der Waals surface area contributed by atoms with Gasteiger partial charge in [0.15, 0.2) is 0 Å². The number of hydrogen-bond donors (Lipinski definition) is 4. The van der Waals surface area contributed by atoms with Gasteiger partial charge in [0, 0.05) is 53.6 Å². The van der Waals surface area contributed by atoms with Crippen molar-refractivity contribution in [2.75, 3.05) is 17.7 Å². The summed E-state index contributed by atoms with van der Waals surface area (Å²) in [5, 5.41) is 24.7. The maximum Gasteiger partial charge on any atom is 0.433 e. The molecule has 4 N–H and O–H groups in total. The quantitative estimate of drug-likeness (QED) is 0.119. The Bertz CT molecular complexity index is 2580. The van der Waals surface area contributed by atoms with Crippen LogP contribution in [0.15, 0.2) is 79.0 Å². The van der Waals surface area contributed by atoms with Gasteiger partial charge in [0.1, 0.15) is 17.4 Å². The van der Waals surface area contributed by atoms with E-state index in [1.54, 1.807) is 41.2 Å². The molecule has 5 amide bonds. The van der Waals surface area contributed by atoms with Gasteiger partial charge in [-0.05, 0) is 107 Å². The molecular formula is C44H43F3N8O6. The van der Waals surface area contributed by atoms with Crippen molar-refractivity contribution in [3.05, 3.63) is 113 Å². The summed E-state index contributed by atoms with van der Waals surface area (Å²) in [4.78, 5) is 70.9. The van der Waals surface area contributed by atoms with Gasteiger partial charge in [-0.1, -0.05) is 24.3 Å². The summed E-state index contributed by atoms with van der Waals surface area (Å²) in [6, 6.07) is 18.7. The van der Waals surface area contributed by atoms with Crippen LogP contribution in [-0.2, 0) is 27.9 Å². The highest BCUT2D eigenvalue weighted by atomic mass is 19.4. The fraction of sp³-hybridized carbons (Fsp3) is 0.341. The monoisotopic (exact) mass is 836 g/mol. The maximum absolute atomic E-state index is 13.6. The molecule has 1 saturated carbocycles. The third-order valence-corrected chi connectivity index (χ3v) is 11.6. The van der Waals surface area contributed by atoms with E-state index >= 15 is 0 Å². The smallest absolute Gasteiger partial charge is 0.386 e. The zero-order chi connectivity index (χ0) is 43.4. The molecule has 3 aliphatic rings. The summed E-state index contributed by atoms with van der Waals surface area (Å²) in [6.45, 7) is 3.76. The number of hydrogen-bond acceptors (Lipinski definition) is 10. The molecule has 3 aromatic carbocycles. The number of nitrogens with zero attached hydrogens (tertiary/aromatic N) is 5. The number of fused-ring (bicyclic) bond motifs is 2. The van der Waals surface area contributed by atoms with Gasteiger partial charge in [0.25, 0.3) is 17.7 Å². The van der Waals surface area contributed by atoms with Crippen molar-refractivity contribution < 1.29 is 42.3 Å². The molecule has 1 atom stereocenters. The molecule has 17 heteroatoms. The number of rotatable bonds is 10. The van der Waals surface area contributed by atoms with Crippen LogP contribution in [0, 0.1) is 0 Å². The van der Waals surface area contributed by atoms with Crippen molar-refractivity contribution in [1.82, 2.24) is 29.9 Å². The standard InChI is InChI=1S/C44H43F3N8O6/c1-43(2,61)30-21-33-25(20-34(30)50-39(57)32-8-5-9-36(49-32)44(45,46)47)23-54(52-33)28-14-10-24(11-15-28)22-53(3)27-16-12-26(13-17-27)48-31-7-4-6-29-38(31)42(60)55(41(29)59)35-18-19-37(56)51-40(35)58/h4-11,14-15,20-21,23,26-27,35,48,61H,12-13,16-19,22H2,1-3H3,(H,50,57)(H,51,56,58)/t26-,27-,35?. The van der Waals surface area contributed by atoms with Crippen molar-refractivity contribution in [2.24, 2.45) is 0 Å². The number of imide groups is 2. The summed E-state index contributed by atoms with van der Waals surface area (Å²) >= 11 is 0. The normalized spacial score (nSPS) is 19.7. The highest BCUT2D eigenvalue weighted by molar-refractivity contribution is 6.25. The molecular weight excluding hydrogens is 794 g/mol. The van der Waals surface area contributed by atoms with Crippen molar-refractivity contribution in [3.63, 3.8) is 0 Å². The number of anilines is 2. The number of piperidine rings is 1. The lowest BCUT2D eigenvalue weighted by Crippen LogP contribution is -2.54. The van der Waals surface area contributed by atoms with Crippen LogP contribution in [0.25, 0.3) is 16.6 Å². The Balaban J connectivity index is 0.892. The highest BCUT2D eigenvalue weighted by Gasteiger charge is 2.46. The van der Waals surface area contributed by atoms with E-state index in [-0.39, 0.29) is 35.7 Å². The van der Waals surface area contributed by atoms with E-state index in [2.05, 4.69) is 32.9 Å². The van der Waals surface area contributed by atoms with Crippen molar-refractivity contribution in [1.29, 1.82) is 0 Å². The van der Waals surface area contributed by atoms with Crippen LogP contribution in [0.1, 0.15) is 100 Å². The summed E-state index contributed by atoms with van der Waals surface area (Å²) in [5.74, 6) is -3.00. The van der Waals surface area contributed by atoms with Crippen LogP contribution in [0.2, 0.25) is 0 Å². The molecule has 0 bridgehead atoms. The van der Waals surface area contributed by atoms with Crippen LogP contribution in [0.4, 0.5) is 24.5 Å².